The van der Waals surface area contributed by atoms with Crippen molar-refractivity contribution in [3.05, 3.63) is 51.7 Å². The highest BCUT2D eigenvalue weighted by atomic mass is 79.9. The highest BCUT2D eigenvalue weighted by Gasteiger charge is 2.04. The Morgan fingerprint density at radius 2 is 2.12 bits per heavy atom. The molecule has 0 radical (unpaired) electrons. The normalized spacial score (nSPS) is 10.2. The molecule has 5 heteroatoms. The summed E-state index contributed by atoms with van der Waals surface area (Å²) in [5.41, 5.74) is 1.63. The predicted octanol–water partition coefficient (Wildman–Crippen LogP) is 3.82. The van der Waals surface area contributed by atoms with Gasteiger partial charge in [0.15, 0.2) is 0 Å². The van der Waals surface area contributed by atoms with Crippen LogP contribution in [-0.4, -0.2) is 10.1 Å². The van der Waals surface area contributed by atoms with Crippen LogP contribution in [0.25, 0.3) is 0 Å². The minimum atomic E-state index is 0.117. The SMILES string of the molecule is Oc1c(Cl)cccc1CNc1ccc(Br)nc1. The van der Waals surface area contributed by atoms with Crippen molar-refractivity contribution >= 4 is 33.2 Å². The zero-order chi connectivity index (χ0) is 12.3. The molecule has 17 heavy (non-hydrogen) atoms. The number of aromatic nitrogens is 1. The number of phenolic OH excluding ortho intramolecular Hbond substituents is 1. The molecule has 0 aliphatic heterocycles. The quantitative estimate of drug-likeness (QED) is 0.847. The maximum atomic E-state index is 9.72. The molecule has 0 fully saturated rings. The molecule has 1 heterocycles. The van der Waals surface area contributed by atoms with Crippen LogP contribution in [0.2, 0.25) is 5.02 Å². The monoisotopic (exact) mass is 312 g/mol. The zero-order valence-electron chi connectivity index (χ0n) is 8.82. The average Bonchev–Trinajstić information content (AvgIpc) is 2.33. The second-order valence-corrected chi connectivity index (χ2v) is 4.69. The number of halogens is 2. The molecule has 0 unspecified atom stereocenters. The third kappa shape index (κ3) is 3.11. The third-order valence-electron chi connectivity index (χ3n) is 2.28. The van der Waals surface area contributed by atoms with Crippen molar-refractivity contribution in [2.45, 2.75) is 6.54 Å². The number of phenols is 1. The Hall–Kier alpha value is -1.26. The molecule has 0 amide bonds. The van der Waals surface area contributed by atoms with Crippen LogP contribution in [0.4, 0.5) is 5.69 Å². The van der Waals surface area contributed by atoms with Crippen LogP contribution in [0.1, 0.15) is 5.56 Å². The molecule has 2 aromatic rings. The van der Waals surface area contributed by atoms with Crippen LogP contribution in [0.5, 0.6) is 5.75 Å². The summed E-state index contributed by atoms with van der Waals surface area (Å²) in [6, 6.07) is 9.03. The van der Waals surface area contributed by atoms with Gasteiger partial charge in [0.1, 0.15) is 10.4 Å². The van der Waals surface area contributed by atoms with Gasteiger partial charge in [-0.15, -0.1) is 0 Å². The molecule has 0 aliphatic rings. The van der Waals surface area contributed by atoms with Crippen molar-refractivity contribution in [1.82, 2.24) is 4.98 Å². The Balaban J connectivity index is 2.07. The number of aromatic hydroxyl groups is 1. The van der Waals surface area contributed by atoms with Crippen molar-refractivity contribution in [1.29, 1.82) is 0 Å². The second kappa shape index (κ2) is 5.38. The van der Waals surface area contributed by atoms with Crippen LogP contribution in [-0.2, 0) is 6.54 Å². The number of nitrogens with zero attached hydrogens (tertiary/aromatic N) is 1. The first-order chi connectivity index (χ1) is 8.16. The van der Waals surface area contributed by atoms with Gasteiger partial charge < -0.3 is 10.4 Å². The van der Waals surface area contributed by atoms with Crippen LogP contribution in [0.3, 0.4) is 0 Å². The first kappa shape index (κ1) is 12.2. The third-order valence-corrected chi connectivity index (χ3v) is 3.05. The van der Waals surface area contributed by atoms with Crippen molar-refractivity contribution in [2.24, 2.45) is 0 Å². The van der Waals surface area contributed by atoms with E-state index < -0.39 is 0 Å². The lowest BCUT2D eigenvalue weighted by Gasteiger charge is -2.08. The first-order valence-corrected chi connectivity index (χ1v) is 6.15. The summed E-state index contributed by atoms with van der Waals surface area (Å²) < 4.78 is 0.786. The summed E-state index contributed by atoms with van der Waals surface area (Å²) in [5, 5.41) is 13.2. The van der Waals surface area contributed by atoms with Gasteiger partial charge in [0.05, 0.1) is 16.9 Å². The lowest BCUT2D eigenvalue weighted by Crippen LogP contribution is -2.00. The van der Waals surface area contributed by atoms with E-state index in [-0.39, 0.29) is 5.75 Å². The number of pyridine rings is 1. The van der Waals surface area contributed by atoms with Gasteiger partial charge in [0.2, 0.25) is 0 Å². The van der Waals surface area contributed by atoms with E-state index in [4.69, 9.17) is 11.6 Å². The maximum absolute atomic E-state index is 9.72. The summed E-state index contributed by atoms with van der Waals surface area (Å²) in [4.78, 5) is 4.10. The summed E-state index contributed by atoms with van der Waals surface area (Å²) in [6.07, 6.45) is 1.71. The fraction of sp³-hybridized carbons (Fsp3) is 0.0833. The van der Waals surface area contributed by atoms with Gasteiger partial charge in [-0.25, -0.2) is 4.98 Å². The fourth-order valence-electron chi connectivity index (χ4n) is 1.38. The Kier molecular flexibility index (Phi) is 3.86. The molecule has 3 nitrogen and oxygen atoms in total. The molecule has 88 valence electrons. The van der Waals surface area contributed by atoms with E-state index in [1.807, 2.05) is 18.2 Å². The minimum Gasteiger partial charge on any atom is -0.506 e. The van der Waals surface area contributed by atoms with E-state index in [1.165, 1.54) is 0 Å². The smallest absolute Gasteiger partial charge is 0.139 e. The molecule has 2 N–H and O–H groups in total. The maximum Gasteiger partial charge on any atom is 0.139 e. The Morgan fingerprint density at radius 3 is 2.82 bits per heavy atom. The Labute approximate surface area is 113 Å². The predicted molar refractivity (Wildman–Crippen MR) is 72.4 cm³/mol. The lowest BCUT2D eigenvalue weighted by atomic mass is 10.2. The fourth-order valence-corrected chi connectivity index (χ4v) is 1.81. The number of benzene rings is 1. The largest absolute Gasteiger partial charge is 0.506 e. The van der Waals surface area contributed by atoms with E-state index in [9.17, 15) is 5.11 Å². The van der Waals surface area contributed by atoms with E-state index in [0.29, 0.717) is 11.6 Å². The molecular formula is C12H10BrClN2O. The van der Waals surface area contributed by atoms with E-state index in [0.717, 1.165) is 15.9 Å². The molecule has 1 aromatic heterocycles. The Morgan fingerprint density at radius 1 is 1.29 bits per heavy atom. The van der Waals surface area contributed by atoms with Crippen molar-refractivity contribution in [2.75, 3.05) is 5.32 Å². The van der Waals surface area contributed by atoms with Crippen molar-refractivity contribution < 1.29 is 5.11 Å². The van der Waals surface area contributed by atoms with Gasteiger partial charge in [0, 0.05) is 12.1 Å². The van der Waals surface area contributed by atoms with Crippen LogP contribution in [0, 0.1) is 0 Å². The number of nitrogens with one attached hydrogen (secondary N) is 1. The van der Waals surface area contributed by atoms with Crippen LogP contribution >= 0.6 is 27.5 Å². The summed E-state index contributed by atoms with van der Waals surface area (Å²) in [6.45, 7) is 0.496. The first-order valence-electron chi connectivity index (χ1n) is 4.98. The highest BCUT2D eigenvalue weighted by molar-refractivity contribution is 9.10. The van der Waals surface area contributed by atoms with Crippen LogP contribution < -0.4 is 5.32 Å². The molecule has 0 saturated heterocycles. The molecule has 0 bridgehead atoms. The summed E-state index contributed by atoms with van der Waals surface area (Å²) >= 11 is 9.09. The van der Waals surface area contributed by atoms with Gasteiger partial charge >= 0.3 is 0 Å². The highest BCUT2D eigenvalue weighted by Crippen LogP contribution is 2.27. The van der Waals surface area contributed by atoms with Gasteiger partial charge in [-0.05, 0) is 34.1 Å². The Bertz CT molecular complexity index is 516. The molecule has 2 rings (SSSR count). The summed E-state index contributed by atoms with van der Waals surface area (Å²) in [7, 11) is 0. The molecular weight excluding hydrogens is 304 g/mol. The van der Waals surface area contributed by atoms with Crippen LogP contribution in [0.15, 0.2) is 41.1 Å². The standard InChI is InChI=1S/C12H10BrClN2O/c13-11-5-4-9(7-16-11)15-6-8-2-1-3-10(14)12(8)17/h1-5,7,15,17H,6H2. The van der Waals surface area contributed by atoms with E-state index in [1.54, 1.807) is 18.3 Å². The number of rotatable bonds is 3. The van der Waals surface area contributed by atoms with Crippen molar-refractivity contribution in [3.8, 4) is 5.75 Å². The molecule has 0 atom stereocenters. The van der Waals surface area contributed by atoms with Gasteiger partial charge in [0.25, 0.3) is 0 Å². The van der Waals surface area contributed by atoms with E-state index >= 15 is 0 Å². The molecule has 1 aromatic carbocycles. The average molecular weight is 314 g/mol. The van der Waals surface area contributed by atoms with E-state index in [2.05, 4.69) is 26.2 Å². The van der Waals surface area contributed by atoms with Gasteiger partial charge in [-0.3, -0.25) is 0 Å². The molecule has 0 spiro atoms. The number of anilines is 1. The molecule has 0 aliphatic carbocycles. The number of para-hydroxylation sites is 1. The topological polar surface area (TPSA) is 45.1 Å². The van der Waals surface area contributed by atoms with Crippen molar-refractivity contribution in [3.63, 3.8) is 0 Å². The zero-order valence-corrected chi connectivity index (χ0v) is 11.2. The minimum absolute atomic E-state index is 0.117. The number of hydrogen-bond donors (Lipinski definition) is 2. The van der Waals surface area contributed by atoms with Gasteiger partial charge in [-0.2, -0.15) is 0 Å². The molecule has 0 saturated carbocycles. The second-order valence-electron chi connectivity index (χ2n) is 3.47. The lowest BCUT2D eigenvalue weighted by molar-refractivity contribution is 0.469. The van der Waals surface area contributed by atoms with Gasteiger partial charge in [-0.1, -0.05) is 23.7 Å². The number of hydrogen-bond acceptors (Lipinski definition) is 3. The summed E-state index contributed by atoms with van der Waals surface area (Å²) in [5.74, 6) is 0.117.